The van der Waals surface area contributed by atoms with E-state index in [1.807, 2.05) is 30.3 Å². The summed E-state index contributed by atoms with van der Waals surface area (Å²) in [6.07, 6.45) is 2.10. The van der Waals surface area contributed by atoms with E-state index in [2.05, 4.69) is 30.8 Å². The summed E-state index contributed by atoms with van der Waals surface area (Å²) in [6, 6.07) is 9.88. The number of ether oxygens (including phenoxy) is 2. The van der Waals surface area contributed by atoms with Gasteiger partial charge in [0.25, 0.3) is 0 Å². The molecule has 6 nitrogen and oxygen atoms in total. The molecule has 1 unspecified atom stereocenters. The first-order chi connectivity index (χ1) is 12.8. The number of benzene rings is 1. The molecule has 1 aromatic carbocycles. The van der Waals surface area contributed by atoms with Crippen LogP contribution < -0.4 is 5.32 Å². The zero-order valence-electron chi connectivity index (χ0n) is 17.1. The SMILES string of the molecule is CC(C)C.COC(=O)CNC(CCCOCc1ccccc1)CCC(=O)O. The summed E-state index contributed by atoms with van der Waals surface area (Å²) in [5, 5.41) is 11.8. The van der Waals surface area contributed by atoms with Crippen molar-refractivity contribution in [3.05, 3.63) is 35.9 Å². The van der Waals surface area contributed by atoms with Crippen LogP contribution in [-0.2, 0) is 25.7 Å². The van der Waals surface area contributed by atoms with Crippen LogP contribution in [0.4, 0.5) is 0 Å². The number of nitrogens with one attached hydrogen (secondary N) is 1. The van der Waals surface area contributed by atoms with Crippen molar-refractivity contribution < 1.29 is 24.2 Å². The first-order valence-electron chi connectivity index (χ1n) is 9.48. The van der Waals surface area contributed by atoms with Crippen molar-refractivity contribution in [2.75, 3.05) is 20.3 Å². The van der Waals surface area contributed by atoms with Crippen molar-refractivity contribution in [1.29, 1.82) is 0 Å². The third-order valence-corrected chi connectivity index (χ3v) is 3.42. The number of rotatable bonds is 12. The van der Waals surface area contributed by atoms with Crippen LogP contribution in [0.15, 0.2) is 30.3 Å². The molecule has 0 saturated carbocycles. The molecular weight excluding hydrogens is 346 g/mol. The minimum atomic E-state index is -0.838. The standard InChI is InChI=1S/C17H25NO5.C4H10/c1-22-17(21)12-18-15(9-10-16(19)20)8-5-11-23-13-14-6-3-2-4-7-14;1-4(2)3/h2-4,6-7,15,18H,5,8-13H2,1H3,(H,19,20);4H,1-3H3. The molecule has 0 fully saturated rings. The van der Waals surface area contributed by atoms with Crippen molar-refractivity contribution in [1.82, 2.24) is 5.32 Å². The molecule has 0 amide bonds. The highest BCUT2D eigenvalue weighted by Crippen LogP contribution is 2.07. The fraction of sp³-hybridized carbons (Fsp3) is 0.619. The molecule has 154 valence electrons. The Morgan fingerprint density at radius 3 is 2.30 bits per heavy atom. The van der Waals surface area contributed by atoms with Crippen LogP contribution in [0.25, 0.3) is 0 Å². The lowest BCUT2D eigenvalue weighted by Gasteiger charge is -2.17. The number of carboxylic acid groups (broad SMARTS) is 1. The average molecular weight is 382 g/mol. The second-order valence-corrected chi connectivity index (χ2v) is 7.00. The molecular formula is C21H35NO5. The molecule has 0 saturated heterocycles. The summed E-state index contributed by atoms with van der Waals surface area (Å²) in [4.78, 5) is 21.8. The van der Waals surface area contributed by atoms with Gasteiger partial charge in [-0.25, -0.2) is 0 Å². The minimum absolute atomic E-state index is 0.0366. The second kappa shape index (κ2) is 16.3. The molecule has 0 spiro atoms. The largest absolute Gasteiger partial charge is 0.481 e. The van der Waals surface area contributed by atoms with Crippen LogP contribution >= 0.6 is 0 Å². The number of hydrogen-bond donors (Lipinski definition) is 2. The van der Waals surface area contributed by atoms with E-state index in [9.17, 15) is 9.59 Å². The van der Waals surface area contributed by atoms with Gasteiger partial charge in [0.1, 0.15) is 0 Å². The fourth-order valence-electron chi connectivity index (χ4n) is 2.14. The number of methoxy groups -OCH3 is 1. The van der Waals surface area contributed by atoms with Crippen LogP contribution in [0.2, 0.25) is 0 Å². The Morgan fingerprint density at radius 1 is 1.11 bits per heavy atom. The van der Waals surface area contributed by atoms with Gasteiger partial charge in [0, 0.05) is 19.1 Å². The Hall–Kier alpha value is -1.92. The quantitative estimate of drug-likeness (QED) is 0.425. The highest BCUT2D eigenvalue weighted by molar-refractivity contribution is 5.71. The molecule has 0 heterocycles. The normalized spacial score (nSPS) is 11.4. The monoisotopic (exact) mass is 381 g/mol. The molecule has 1 rings (SSSR count). The first kappa shape index (κ1) is 25.1. The van der Waals surface area contributed by atoms with E-state index >= 15 is 0 Å². The molecule has 27 heavy (non-hydrogen) atoms. The van der Waals surface area contributed by atoms with Crippen LogP contribution in [0.1, 0.15) is 52.0 Å². The molecule has 6 heteroatoms. The molecule has 0 aliphatic rings. The second-order valence-electron chi connectivity index (χ2n) is 7.00. The number of aliphatic carboxylic acids is 1. The molecule has 0 radical (unpaired) electrons. The molecule has 0 aromatic heterocycles. The van der Waals surface area contributed by atoms with E-state index in [0.717, 1.165) is 24.3 Å². The van der Waals surface area contributed by atoms with Gasteiger partial charge in [0.05, 0.1) is 20.3 Å². The fourth-order valence-corrected chi connectivity index (χ4v) is 2.14. The molecule has 0 aliphatic heterocycles. The van der Waals surface area contributed by atoms with Gasteiger partial charge in [-0.05, 0) is 30.7 Å². The number of hydrogen-bond acceptors (Lipinski definition) is 5. The topological polar surface area (TPSA) is 84.9 Å². The van der Waals surface area contributed by atoms with Crippen LogP contribution in [-0.4, -0.2) is 43.3 Å². The van der Waals surface area contributed by atoms with Gasteiger partial charge in [-0.2, -0.15) is 0 Å². The van der Waals surface area contributed by atoms with E-state index in [0.29, 0.717) is 19.6 Å². The van der Waals surface area contributed by atoms with Gasteiger partial charge < -0.3 is 19.9 Å². The molecule has 2 N–H and O–H groups in total. The van der Waals surface area contributed by atoms with Gasteiger partial charge in [-0.15, -0.1) is 0 Å². The van der Waals surface area contributed by atoms with Crippen LogP contribution in [0, 0.1) is 5.92 Å². The number of carboxylic acids is 1. The highest BCUT2D eigenvalue weighted by atomic mass is 16.5. The third-order valence-electron chi connectivity index (χ3n) is 3.42. The minimum Gasteiger partial charge on any atom is -0.481 e. The molecule has 1 atom stereocenters. The first-order valence-corrected chi connectivity index (χ1v) is 9.48. The van der Waals surface area contributed by atoms with Crippen molar-refractivity contribution >= 4 is 11.9 Å². The predicted molar refractivity (Wildman–Crippen MR) is 107 cm³/mol. The Balaban J connectivity index is 0.00000153. The Labute approximate surface area is 163 Å². The van der Waals surface area contributed by atoms with Gasteiger partial charge >= 0.3 is 11.9 Å². The lowest BCUT2D eigenvalue weighted by atomic mass is 10.1. The smallest absolute Gasteiger partial charge is 0.319 e. The Kier molecular flexibility index (Phi) is 15.1. The van der Waals surface area contributed by atoms with Crippen molar-refractivity contribution in [2.24, 2.45) is 5.92 Å². The molecule has 0 aliphatic carbocycles. The maximum Gasteiger partial charge on any atom is 0.319 e. The zero-order valence-corrected chi connectivity index (χ0v) is 17.1. The Bertz CT molecular complexity index is 502. The lowest BCUT2D eigenvalue weighted by molar-refractivity contribution is -0.139. The van der Waals surface area contributed by atoms with E-state index in [-0.39, 0.29) is 25.0 Å². The average Bonchev–Trinajstić information content (AvgIpc) is 2.63. The zero-order chi connectivity index (χ0) is 20.5. The van der Waals surface area contributed by atoms with Gasteiger partial charge in [-0.1, -0.05) is 51.1 Å². The summed E-state index contributed by atoms with van der Waals surface area (Å²) in [5.41, 5.74) is 1.12. The lowest BCUT2D eigenvalue weighted by Crippen LogP contribution is -2.34. The Morgan fingerprint density at radius 2 is 1.74 bits per heavy atom. The van der Waals surface area contributed by atoms with Gasteiger partial charge in [-0.3, -0.25) is 9.59 Å². The summed E-state index contributed by atoms with van der Waals surface area (Å²) < 4.78 is 10.2. The number of carbonyl (C=O) groups excluding carboxylic acids is 1. The van der Waals surface area contributed by atoms with E-state index in [1.54, 1.807) is 0 Å². The summed E-state index contributed by atoms with van der Waals surface area (Å²) in [6.45, 7) is 7.75. The van der Waals surface area contributed by atoms with E-state index in [1.165, 1.54) is 7.11 Å². The summed E-state index contributed by atoms with van der Waals surface area (Å²) in [7, 11) is 1.33. The summed E-state index contributed by atoms with van der Waals surface area (Å²) >= 11 is 0. The maximum absolute atomic E-state index is 11.2. The number of carbonyl (C=O) groups is 2. The maximum atomic E-state index is 11.2. The van der Waals surface area contributed by atoms with Crippen LogP contribution in [0.3, 0.4) is 0 Å². The van der Waals surface area contributed by atoms with E-state index < -0.39 is 5.97 Å². The molecule has 0 bridgehead atoms. The van der Waals surface area contributed by atoms with Crippen molar-refractivity contribution in [3.63, 3.8) is 0 Å². The van der Waals surface area contributed by atoms with Gasteiger partial charge in [0.15, 0.2) is 0 Å². The number of esters is 1. The third kappa shape index (κ3) is 17.3. The van der Waals surface area contributed by atoms with Crippen molar-refractivity contribution in [2.45, 2.75) is 59.1 Å². The molecule has 1 aromatic rings. The van der Waals surface area contributed by atoms with E-state index in [4.69, 9.17) is 9.84 Å². The summed E-state index contributed by atoms with van der Waals surface area (Å²) in [5.74, 6) is -0.360. The predicted octanol–water partition coefficient (Wildman–Crippen LogP) is 3.64. The highest BCUT2D eigenvalue weighted by Gasteiger charge is 2.12. The van der Waals surface area contributed by atoms with Gasteiger partial charge in [0.2, 0.25) is 0 Å². The van der Waals surface area contributed by atoms with Crippen molar-refractivity contribution in [3.8, 4) is 0 Å². The van der Waals surface area contributed by atoms with Crippen LogP contribution in [0.5, 0.6) is 0 Å².